The van der Waals surface area contributed by atoms with Crippen molar-refractivity contribution in [2.75, 3.05) is 18.0 Å². The summed E-state index contributed by atoms with van der Waals surface area (Å²) in [5, 5.41) is 9.31. The summed E-state index contributed by atoms with van der Waals surface area (Å²) in [5.74, 6) is 1.15. The second kappa shape index (κ2) is 9.55. The summed E-state index contributed by atoms with van der Waals surface area (Å²) in [4.78, 5) is 2.27. The van der Waals surface area contributed by atoms with Gasteiger partial charge in [-0.1, -0.05) is 30.0 Å². The Bertz CT molecular complexity index is 963. The van der Waals surface area contributed by atoms with Crippen molar-refractivity contribution in [2.45, 2.75) is 44.4 Å². The first kappa shape index (κ1) is 22.2. The lowest BCUT2D eigenvalue weighted by Crippen LogP contribution is -2.21. The van der Waals surface area contributed by atoms with Gasteiger partial charge in [0.25, 0.3) is 0 Å². The Morgan fingerprint density at radius 2 is 1.67 bits per heavy atom. The van der Waals surface area contributed by atoms with Crippen LogP contribution in [0.25, 0.3) is 11.4 Å². The first-order valence-corrected chi connectivity index (χ1v) is 10.9. The Morgan fingerprint density at radius 1 is 0.967 bits per heavy atom. The normalized spacial score (nSPS) is 11.7. The van der Waals surface area contributed by atoms with Crippen LogP contribution in [0.1, 0.15) is 31.9 Å². The second-order valence-electron chi connectivity index (χ2n) is 6.76. The molecule has 1 heterocycles. The fraction of sp³-hybridized carbons (Fsp3) is 0.364. The minimum atomic E-state index is -4.34. The van der Waals surface area contributed by atoms with E-state index in [-0.39, 0.29) is 0 Å². The maximum Gasteiger partial charge on any atom is 0.416 e. The average Bonchev–Trinajstić information content (AvgIpc) is 3.16. The molecule has 0 saturated carbocycles. The van der Waals surface area contributed by atoms with Crippen molar-refractivity contribution < 1.29 is 13.2 Å². The summed E-state index contributed by atoms with van der Waals surface area (Å²) in [6.07, 6.45) is -4.34. The monoisotopic (exact) mass is 434 g/mol. The number of aromatic nitrogens is 3. The molecule has 0 saturated heterocycles. The molecule has 0 aliphatic carbocycles. The molecule has 0 spiro atoms. The van der Waals surface area contributed by atoms with E-state index in [0.29, 0.717) is 23.0 Å². The maximum absolute atomic E-state index is 12.9. The summed E-state index contributed by atoms with van der Waals surface area (Å²) in [7, 11) is 0. The summed E-state index contributed by atoms with van der Waals surface area (Å²) < 4.78 is 40.8. The second-order valence-corrected chi connectivity index (χ2v) is 7.70. The highest BCUT2D eigenvalue weighted by atomic mass is 32.2. The number of anilines is 1. The molecule has 0 N–H and O–H groups in total. The van der Waals surface area contributed by atoms with Crippen LogP contribution in [0.2, 0.25) is 0 Å². The van der Waals surface area contributed by atoms with Gasteiger partial charge in [-0.3, -0.25) is 0 Å². The Hall–Kier alpha value is -2.48. The zero-order valence-corrected chi connectivity index (χ0v) is 18.1. The zero-order chi connectivity index (χ0) is 21.7. The standard InChI is InChI=1S/C22H25F3N4S/c1-4-28(5-2)19-12-10-17(11-13-19)20-26-27-21(29(20)6-3)30-15-16-8-7-9-18(14-16)22(23,24)25/h7-14H,4-6,15H2,1-3H3. The van der Waals surface area contributed by atoms with Gasteiger partial charge in [-0.15, -0.1) is 10.2 Å². The van der Waals surface area contributed by atoms with Gasteiger partial charge < -0.3 is 9.47 Å². The topological polar surface area (TPSA) is 34.0 Å². The highest BCUT2D eigenvalue weighted by Crippen LogP contribution is 2.32. The van der Waals surface area contributed by atoms with Crippen molar-refractivity contribution >= 4 is 17.4 Å². The molecule has 2 aromatic carbocycles. The van der Waals surface area contributed by atoms with Gasteiger partial charge in [0, 0.05) is 36.6 Å². The lowest BCUT2D eigenvalue weighted by atomic mass is 10.1. The molecular formula is C22H25F3N4S. The van der Waals surface area contributed by atoms with Crippen LogP contribution in [0, 0.1) is 0 Å². The molecule has 0 aliphatic heterocycles. The van der Waals surface area contributed by atoms with Gasteiger partial charge in [0.1, 0.15) is 0 Å². The molecule has 0 fully saturated rings. The van der Waals surface area contributed by atoms with Crippen LogP contribution in [-0.4, -0.2) is 27.9 Å². The lowest BCUT2D eigenvalue weighted by molar-refractivity contribution is -0.137. The molecule has 0 amide bonds. The van der Waals surface area contributed by atoms with Gasteiger partial charge >= 0.3 is 6.18 Å². The molecule has 1 aromatic heterocycles. The number of thioether (sulfide) groups is 1. The molecule has 3 rings (SSSR count). The van der Waals surface area contributed by atoms with Gasteiger partial charge in [0.15, 0.2) is 11.0 Å². The molecule has 0 aliphatic rings. The molecule has 3 aromatic rings. The zero-order valence-electron chi connectivity index (χ0n) is 17.3. The van der Waals surface area contributed by atoms with Crippen molar-refractivity contribution in [1.82, 2.24) is 14.8 Å². The largest absolute Gasteiger partial charge is 0.416 e. The minimum absolute atomic E-state index is 0.392. The van der Waals surface area contributed by atoms with E-state index in [9.17, 15) is 13.2 Å². The summed E-state index contributed by atoms with van der Waals surface area (Å²) in [6.45, 7) is 8.81. The Kier molecular flexibility index (Phi) is 7.07. The van der Waals surface area contributed by atoms with Gasteiger partial charge in [-0.25, -0.2) is 0 Å². The summed E-state index contributed by atoms with van der Waals surface area (Å²) >= 11 is 1.39. The van der Waals surface area contributed by atoms with Crippen LogP contribution in [0.15, 0.2) is 53.7 Å². The highest BCUT2D eigenvalue weighted by molar-refractivity contribution is 7.98. The smallest absolute Gasteiger partial charge is 0.372 e. The van der Waals surface area contributed by atoms with Crippen molar-refractivity contribution in [3.63, 3.8) is 0 Å². The number of rotatable bonds is 8. The van der Waals surface area contributed by atoms with Crippen LogP contribution in [0.3, 0.4) is 0 Å². The molecule has 0 unspecified atom stereocenters. The summed E-state index contributed by atoms with van der Waals surface area (Å²) in [6, 6.07) is 13.6. The number of benzene rings is 2. The molecule has 8 heteroatoms. The van der Waals surface area contributed by atoms with E-state index in [1.807, 2.05) is 23.6 Å². The number of halogens is 3. The fourth-order valence-electron chi connectivity index (χ4n) is 3.29. The van der Waals surface area contributed by atoms with Crippen LogP contribution < -0.4 is 4.90 Å². The van der Waals surface area contributed by atoms with E-state index < -0.39 is 11.7 Å². The highest BCUT2D eigenvalue weighted by Gasteiger charge is 2.30. The lowest BCUT2D eigenvalue weighted by Gasteiger charge is -2.21. The SMILES string of the molecule is CCN(CC)c1ccc(-c2nnc(SCc3cccc(C(F)(F)F)c3)n2CC)cc1. The number of nitrogens with zero attached hydrogens (tertiary/aromatic N) is 4. The minimum Gasteiger partial charge on any atom is -0.372 e. The van der Waals surface area contributed by atoms with E-state index >= 15 is 0 Å². The first-order chi connectivity index (χ1) is 14.4. The van der Waals surface area contributed by atoms with Crippen molar-refractivity contribution in [1.29, 1.82) is 0 Å². The van der Waals surface area contributed by atoms with Crippen molar-refractivity contribution in [2.24, 2.45) is 0 Å². The first-order valence-electron chi connectivity index (χ1n) is 9.94. The van der Waals surface area contributed by atoms with Crippen molar-refractivity contribution in [3.8, 4) is 11.4 Å². The van der Waals surface area contributed by atoms with E-state index in [4.69, 9.17) is 0 Å². The van der Waals surface area contributed by atoms with Gasteiger partial charge in [-0.05, 0) is 56.7 Å². The fourth-order valence-corrected chi connectivity index (χ4v) is 4.23. The van der Waals surface area contributed by atoms with Crippen molar-refractivity contribution in [3.05, 3.63) is 59.7 Å². The molecular weight excluding hydrogens is 409 g/mol. The number of hydrogen-bond acceptors (Lipinski definition) is 4. The van der Waals surface area contributed by atoms with E-state index in [0.717, 1.165) is 36.2 Å². The quantitative estimate of drug-likeness (QED) is 0.400. The molecule has 4 nitrogen and oxygen atoms in total. The molecule has 0 atom stereocenters. The Labute approximate surface area is 179 Å². The Morgan fingerprint density at radius 3 is 2.27 bits per heavy atom. The van der Waals surface area contributed by atoms with E-state index in [1.165, 1.54) is 23.9 Å². The third-order valence-corrected chi connectivity index (χ3v) is 5.95. The average molecular weight is 435 g/mol. The van der Waals surface area contributed by atoms with Gasteiger partial charge in [-0.2, -0.15) is 13.2 Å². The maximum atomic E-state index is 12.9. The number of alkyl halides is 3. The van der Waals surface area contributed by atoms with Gasteiger partial charge in [0.2, 0.25) is 0 Å². The molecule has 0 radical (unpaired) electrons. The predicted molar refractivity (Wildman–Crippen MR) is 116 cm³/mol. The van der Waals surface area contributed by atoms with E-state index in [1.54, 1.807) is 6.07 Å². The van der Waals surface area contributed by atoms with E-state index in [2.05, 4.69) is 41.1 Å². The molecule has 30 heavy (non-hydrogen) atoms. The van der Waals surface area contributed by atoms with Gasteiger partial charge in [0.05, 0.1) is 5.56 Å². The summed E-state index contributed by atoms with van der Waals surface area (Å²) in [5.41, 5.74) is 2.09. The predicted octanol–water partition coefficient (Wildman–Crippen LogP) is 6.12. The molecule has 160 valence electrons. The van der Waals surface area contributed by atoms with Crippen LogP contribution >= 0.6 is 11.8 Å². The molecule has 0 bridgehead atoms. The Balaban J connectivity index is 1.78. The van der Waals surface area contributed by atoms with Crippen LogP contribution in [0.4, 0.5) is 18.9 Å². The van der Waals surface area contributed by atoms with Crippen LogP contribution in [-0.2, 0) is 18.5 Å². The number of hydrogen-bond donors (Lipinski definition) is 0. The van der Waals surface area contributed by atoms with Crippen LogP contribution in [0.5, 0.6) is 0 Å². The third kappa shape index (κ3) is 4.98. The third-order valence-electron chi connectivity index (χ3n) is 4.91.